The van der Waals surface area contributed by atoms with Crippen molar-refractivity contribution in [3.8, 4) is 0 Å². The molecule has 28 heavy (non-hydrogen) atoms. The van der Waals surface area contributed by atoms with Gasteiger partial charge in [0.15, 0.2) is 0 Å². The van der Waals surface area contributed by atoms with Crippen molar-refractivity contribution in [2.24, 2.45) is 0 Å². The van der Waals surface area contributed by atoms with Crippen molar-refractivity contribution in [1.82, 2.24) is 4.57 Å². The third-order valence-electron chi connectivity index (χ3n) is 6.39. The smallest absolute Gasteiger partial charge is 0.399 e. The highest BCUT2D eigenvalue weighted by molar-refractivity contribution is 6.62. The third-order valence-corrected chi connectivity index (χ3v) is 6.39. The Labute approximate surface area is 161 Å². The number of alkyl halides is 2. The van der Waals surface area contributed by atoms with E-state index in [9.17, 15) is 13.6 Å². The molecule has 150 valence electrons. The van der Waals surface area contributed by atoms with Crippen molar-refractivity contribution in [1.29, 1.82) is 0 Å². The number of benzene rings is 1. The zero-order valence-corrected chi connectivity index (χ0v) is 16.4. The summed E-state index contributed by atoms with van der Waals surface area (Å²) >= 11 is 0. The molecule has 2 fully saturated rings. The molecule has 1 aromatic heterocycles. The van der Waals surface area contributed by atoms with Gasteiger partial charge in [-0.25, -0.2) is 13.2 Å². The van der Waals surface area contributed by atoms with E-state index in [1.54, 1.807) is 6.07 Å². The molecule has 0 bridgehead atoms. The van der Waals surface area contributed by atoms with Crippen molar-refractivity contribution < 1.29 is 22.5 Å². The third kappa shape index (κ3) is 2.80. The highest BCUT2D eigenvalue weighted by Crippen LogP contribution is 2.43. The summed E-state index contributed by atoms with van der Waals surface area (Å²) in [6.45, 7) is 7.39. The zero-order valence-electron chi connectivity index (χ0n) is 16.4. The van der Waals surface area contributed by atoms with Crippen LogP contribution in [0.2, 0.25) is 0 Å². The monoisotopic (exact) mass is 393 g/mol. The predicted octanol–water partition coefficient (Wildman–Crippen LogP) is 3.80. The number of fused-ring (bicyclic) bond motifs is 1. The quantitative estimate of drug-likeness (QED) is 0.729. The summed E-state index contributed by atoms with van der Waals surface area (Å²) in [5.74, 6) is -3.76. The topological polar surface area (TPSA) is 40.5 Å². The molecule has 1 atom stereocenters. The molecule has 0 spiro atoms. The first-order valence-corrected chi connectivity index (χ1v) is 9.51. The minimum Gasteiger partial charge on any atom is -0.399 e. The van der Waals surface area contributed by atoms with Crippen LogP contribution in [0.15, 0.2) is 29.2 Å². The second-order valence-corrected chi connectivity index (χ2v) is 8.72. The van der Waals surface area contributed by atoms with E-state index in [0.29, 0.717) is 11.8 Å². The molecule has 2 aliphatic rings. The van der Waals surface area contributed by atoms with Gasteiger partial charge in [-0.2, -0.15) is 0 Å². The Morgan fingerprint density at radius 1 is 1.11 bits per heavy atom. The molecule has 0 N–H and O–H groups in total. The van der Waals surface area contributed by atoms with E-state index in [2.05, 4.69) is 0 Å². The fourth-order valence-corrected chi connectivity index (χ4v) is 3.97. The second-order valence-electron chi connectivity index (χ2n) is 8.72. The SMILES string of the molecule is CC1(C)OB(c2ccc3ccn(C4CCCC4(F)F)c(=O)c3c2F)OC1(C)C. The molecular formula is C20H23BF3NO3. The molecule has 1 saturated heterocycles. The van der Waals surface area contributed by atoms with Crippen LogP contribution in [0.25, 0.3) is 10.8 Å². The van der Waals surface area contributed by atoms with Crippen molar-refractivity contribution in [3.05, 3.63) is 40.6 Å². The maximum atomic E-state index is 15.4. The number of nitrogens with zero attached hydrogens (tertiary/aromatic N) is 1. The van der Waals surface area contributed by atoms with Gasteiger partial charge in [0.25, 0.3) is 11.5 Å². The van der Waals surface area contributed by atoms with Crippen molar-refractivity contribution in [3.63, 3.8) is 0 Å². The highest BCUT2D eigenvalue weighted by atomic mass is 19.3. The molecule has 0 radical (unpaired) electrons. The van der Waals surface area contributed by atoms with Crippen LogP contribution in [-0.4, -0.2) is 28.8 Å². The van der Waals surface area contributed by atoms with Crippen LogP contribution in [-0.2, 0) is 9.31 Å². The second kappa shape index (κ2) is 6.10. The summed E-state index contributed by atoms with van der Waals surface area (Å²) in [5, 5.41) is 0.151. The number of aromatic nitrogens is 1. The summed E-state index contributed by atoms with van der Waals surface area (Å²) in [4.78, 5) is 13.0. The maximum absolute atomic E-state index is 15.4. The van der Waals surface area contributed by atoms with Crippen LogP contribution in [0, 0.1) is 5.82 Å². The molecule has 1 aliphatic carbocycles. The molecule has 0 amide bonds. The van der Waals surface area contributed by atoms with E-state index in [-0.39, 0.29) is 23.7 Å². The summed E-state index contributed by atoms with van der Waals surface area (Å²) in [6, 6.07) is 3.37. The van der Waals surface area contributed by atoms with Crippen LogP contribution in [0.4, 0.5) is 13.2 Å². The predicted molar refractivity (Wildman–Crippen MR) is 102 cm³/mol. The number of halogens is 3. The van der Waals surface area contributed by atoms with Crippen LogP contribution in [0.3, 0.4) is 0 Å². The molecule has 2 aromatic rings. The Morgan fingerprint density at radius 3 is 2.32 bits per heavy atom. The molecule has 1 unspecified atom stereocenters. The van der Waals surface area contributed by atoms with Crippen LogP contribution >= 0.6 is 0 Å². The van der Waals surface area contributed by atoms with E-state index in [4.69, 9.17) is 9.31 Å². The molecule has 4 nitrogen and oxygen atoms in total. The van der Waals surface area contributed by atoms with E-state index in [1.165, 1.54) is 18.3 Å². The van der Waals surface area contributed by atoms with Gasteiger partial charge in [-0.05, 0) is 52.0 Å². The first-order valence-electron chi connectivity index (χ1n) is 9.51. The molecular weight excluding hydrogens is 370 g/mol. The Hall–Kier alpha value is -1.80. The van der Waals surface area contributed by atoms with Gasteiger partial charge in [-0.1, -0.05) is 12.1 Å². The van der Waals surface area contributed by atoms with E-state index >= 15 is 4.39 Å². The lowest BCUT2D eigenvalue weighted by atomic mass is 9.77. The molecule has 1 aliphatic heterocycles. The summed E-state index contributed by atoms with van der Waals surface area (Å²) in [6.07, 6.45) is 1.59. The van der Waals surface area contributed by atoms with Crippen LogP contribution < -0.4 is 11.0 Å². The first kappa shape index (κ1) is 19.5. The summed E-state index contributed by atoms with van der Waals surface area (Å²) in [5.41, 5.74) is -1.98. The fourth-order valence-electron chi connectivity index (χ4n) is 3.97. The molecule has 2 heterocycles. The molecule has 8 heteroatoms. The van der Waals surface area contributed by atoms with Gasteiger partial charge >= 0.3 is 7.12 Å². The number of hydrogen-bond donors (Lipinski definition) is 0. The molecule has 1 aromatic carbocycles. The molecule has 4 rings (SSSR count). The lowest BCUT2D eigenvalue weighted by molar-refractivity contribution is -0.0315. The first-order chi connectivity index (χ1) is 12.9. The summed E-state index contributed by atoms with van der Waals surface area (Å²) < 4.78 is 56.5. The Morgan fingerprint density at radius 2 is 1.75 bits per heavy atom. The van der Waals surface area contributed by atoms with Crippen molar-refractivity contribution >= 4 is 23.4 Å². The highest BCUT2D eigenvalue weighted by Gasteiger charge is 2.52. The molecule has 1 saturated carbocycles. The van der Waals surface area contributed by atoms with Gasteiger partial charge in [0.1, 0.15) is 11.9 Å². The zero-order chi connectivity index (χ0) is 20.5. The average molecular weight is 393 g/mol. The summed E-state index contributed by atoms with van der Waals surface area (Å²) in [7, 11) is -0.977. The van der Waals surface area contributed by atoms with Gasteiger partial charge in [-0.3, -0.25) is 4.79 Å². The van der Waals surface area contributed by atoms with Gasteiger partial charge in [0.2, 0.25) is 0 Å². The van der Waals surface area contributed by atoms with Gasteiger partial charge < -0.3 is 13.9 Å². The van der Waals surface area contributed by atoms with Crippen molar-refractivity contribution in [2.45, 2.75) is 70.1 Å². The van der Waals surface area contributed by atoms with Gasteiger partial charge in [0, 0.05) is 18.1 Å². The maximum Gasteiger partial charge on any atom is 0.497 e. The van der Waals surface area contributed by atoms with E-state index in [1.807, 2.05) is 27.7 Å². The van der Waals surface area contributed by atoms with Gasteiger partial charge in [0.05, 0.1) is 16.6 Å². The Bertz CT molecular complexity index is 986. The standard InChI is InChI=1S/C20H23BF3NO3/c1-18(2)19(3,4)28-21(27-18)13-8-7-12-9-11-25(17(26)15(12)16(13)22)14-6-5-10-20(14,23)24/h7-9,11,14H,5-6,10H2,1-4H3. The van der Waals surface area contributed by atoms with Crippen LogP contribution in [0.1, 0.15) is 53.0 Å². The van der Waals surface area contributed by atoms with Crippen molar-refractivity contribution in [2.75, 3.05) is 0 Å². The largest absolute Gasteiger partial charge is 0.497 e. The minimum absolute atomic E-state index is 0.0965. The van der Waals surface area contributed by atoms with E-state index < -0.39 is 41.7 Å². The Kier molecular flexibility index (Phi) is 4.25. The number of hydrogen-bond acceptors (Lipinski definition) is 3. The minimum atomic E-state index is -2.97. The number of rotatable bonds is 2. The normalized spacial score (nSPS) is 25.5. The van der Waals surface area contributed by atoms with Crippen LogP contribution in [0.5, 0.6) is 0 Å². The fraction of sp³-hybridized carbons (Fsp3) is 0.550. The average Bonchev–Trinajstić information content (AvgIpc) is 3.03. The lowest BCUT2D eigenvalue weighted by Crippen LogP contribution is -2.41. The lowest BCUT2D eigenvalue weighted by Gasteiger charge is -2.32. The van der Waals surface area contributed by atoms with Gasteiger partial charge in [-0.15, -0.1) is 0 Å². The number of pyridine rings is 1. The Balaban J connectivity index is 1.83. The van der Waals surface area contributed by atoms with E-state index in [0.717, 1.165) is 4.57 Å².